The Hall–Kier alpha value is -3.10. The van der Waals surface area contributed by atoms with Crippen LogP contribution in [0, 0.1) is 13.8 Å². The molecule has 0 spiro atoms. The number of nitrogens with zero attached hydrogens (tertiary/aromatic N) is 1. The summed E-state index contributed by atoms with van der Waals surface area (Å²) in [4.78, 5) is 53.2. The predicted octanol–water partition coefficient (Wildman–Crippen LogP) is 3.66. The summed E-state index contributed by atoms with van der Waals surface area (Å²) in [5.41, 5.74) is 6.57. The Morgan fingerprint density at radius 1 is 1.03 bits per heavy atom. The molecule has 2 atom stereocenters. The van der Waals surface area contributed by atoms with Crippen molar-refractivity contribution in [2.75, 3.05) is 0 Å². The Labute approximate surface area is 215 Å². The van der Waals surface area contributed by atoms with Crippen molar-refractivity contribution in [3.63, 3.8) is 0 Å². The van der Waals surface area contributed by atoms with Crippen LogP contribution in [0.1, 0.15) is 91.0 Å². The van der Waals surface area contributed by atoms with E-state index < -0.39 is 47.2 Å². The smallest absolute Gasteiger partial charge is 0.408 e. The quantitative estimate of drug-likeness (QED) is 0.472. The fourth-order valence-corrected chi connectivity index (χ4v) is 3.84. The van der Waals surface area contributed by atoms with Crippen LogP contribution in [0.15, 0.2) is 18.2 Å². The number of carbonyl (C=O) groups excluding carboxylic acids is 4. The molecule has 0 radical (unpaired) electrons. The minimum absolute atomic E-state index is 0.0306. The molecular weight excluding hydrogens is 460 g/mol. The van der Waals surface area contributed by atoms with Gasteiger partial charge in [-0.15, -0.1) is 0 Å². The lowest BCUT2D eigenvalue weighted by atomic mass is 9.94. The predicted molar refractivity (Wildman–Crippen MR) is 140 cm³/mol. The number of alkyl carbamates (subject to hydrolysis) is 1. The van der Waals surface area contributed by atoms with Gasteiger partial charge in [0.2, 0.25) is 17.7 Å². The van der Waals surface area contributed by atoms with E-state index in [4.69, 9.17) is 10.5 Å². The number of ether oxygens (including phenoxy) is 1. The number of amides is 4. The van der Waals surface area contributed by atoms with Crippen molar-refractivity contribution in [2.45, 2.75) is 111 Å². The Morgan fingerprint density at radius 2 is 1.61 bits per heavy atom. The normalized spacial score (nSPS) is 13.5. The van der Waals surface area contributed by atoms with Gasteiger partial charge in [-0.2, -0.15) is 0 Å². The third-order valence-electron chi connectivity index (χ3n) is 5.22. The number of hydrogen-bond donors (Lipinski definition) is 3. The van der Waals surface area contributed by atoms with Gasteiger partial charge < -0.3 is 26.0 Å². The van der Waals surface area contributed by atoms with E-state index in [1.54, 1.807) is 34.6 Å². The van der Waals surface area contributed by atoms with Crippen LogP contribution in [0.2, 0.25) is 0 Å². The molecule has 0 saturated heterocycles. The third kappa shape index (κ3) is 9.87. The summed E-state index contributed by atoms with van der Waals surface area (Å²) in [6.45, 7) is 18.2. The van der Waals surface area contributed by atoms with Crippen LogP contribution in [-0.4, -0.2) is 51.9 Å². The highest BCUT2D eigenvalue weighted by Crippen LogP contribution is 2.29. The standard InChI is InChI=1S/C27H44N4O5/c1-16(2)31(24(34)20(13-14-21(28)32)29-25(35)36-27(8,9)10)22(23(33)30-26(5,6)7)19-12-11-17(3)15-18(19)4/h11-12,15-16,20,22H,13-14H2,1-10H3,(H2,28,32)(H,29,35)(H,30,33). The average Bonchev–Trinajstić information content (AvgIpc) is 2.66. The first-order valence-electron chi connectivity index (χ1n) is 12.3. The molecule has 36 heavy (non-hydrogen) atoms. The Bertz CT molecular complexity index is 960. The fourth-order valence-electron chi connectivity index (χ4n) is 3.84. The van der Waals surface area contributed by atoms with E-state index in [1.165, 1.54) is 4.90 Å². The van der Waals surface area contributed by atoms with Crippen molar-refractivity contribution >= 4 is 23.8 Å². The van der Waals surface area contributed by atoms with Crippen LogP contribution in [0.5, 0.6) is 0 Å². The van der Waals surface area contributed by atoms with Gasteiger partial charge in [0.1, 0.15) is 17.7 Å². The van der Waals surface area contributed by atoms with E-state index in [-0.39, 0.29) is 18.7 Å². The summed E-state index contributed by atoms with van der Waals surface area (Å²) in [5, 5.41) is 5.58. The van der Waals surface area contributed by atoms with Crippen molar-refractivity contribution in [3.8, 4) is 0 Å². The Balaban J connectivity index is 3.57. The van der Waals surface area contributed by atoms with Gasteiger partial charge in [0.05, 0.1) is 0 Å². The van der Waals surface area contributed by atoms with E-state index in [0.29, 0.717) is 5.56 Å². The highest BCUT2D eigenvalue weighted by Gasteiger charge is 2.39. The monoisotopic (exact) mass is 504 g/mol. The van der Waals surface area contributed by atoms with Crippen molar-refractivity contribution in [2.24, 2.45) is 5.73 Å². The highest BCUT2D eigenvalue weighted by atomic mass is 16.6. The molecule has 0 heterocycles. The molecule has 1 rings (SSSR count). The average molecular weight is 505 g/mol. The largest absolute Gasteiger partial charge is 0.444 e. The second-order valence-corrected chi connectivity index (χ2v) is 11.5. The number of benzene rings is 1. The second kappa shape index (κ2) is 12.2. The summed E-state index contributed by atoms with van der Waals surface area (Å²) < 4.78 is 5.34. The van der Waals surface area contributed by atoms with Crippen LogP contribution >= 0.6 is 0 Å². The zero-order valence-corrected chi connectivity index (χ0v) is 23.4. The van der Waals surface area contributed by atoms with Crippen LogP contribution in [-0.2, 0) is 19.1 Å². The molecule has 0 bridgehead atoms. The van der Waals surface area contributed by atoms with Gasteiger partial charge in [-0.05, 0) is 86.8 Å². The molecule has 0 saturated carbocycles. The summed E-state index contributed by atoms with van der Waals surface area (Å²) in [6.07, 6.45) is -0.950. The highest BCUT2D eigenvalue weighted by molar-refractivity contribution is 5.93. The molecule has 2 unspecified atom stereocenters. The van der Waals surface area contributed by atoms with E-state index in [1.807, 2.05) is 52.8 Å². The molecule has 0 aliphatic carbocycles. The lowest BCUT2D eigenvalue weighted by Gasteiger charge is -2.39. The molecule has 1 aromatic carbocycles. The molecule has 1 aromatic rings. The van der Waals surface area contributed by atoms with E-state index in [2.05, 4.69) is 10.6 Å². The number of carbonyl (C=O) groups is 4. The molecule has 4 N–H and O–H groups in total. The summed E-state index contributed by atoms with van der Waals surface area (Å²) in [7, 11) is 0. The molecule has 9 nitrogen and oxygen atoms in total. The van der Waals surface area contributed by atoms with E-state index in [0.717, 1.165) is 11.1 Å². The van der Waals surface area contributed by atoms with Gasteiger partial charge in [-0.1, -0.05) is 23.8 Å². The maximum absolute atomic E-state index is 14.0. The maximum atomic E-state index is 14.0. The number of primary amides is 1. The maximum Gasteiger partial charge on any atom is 0.408 e. The first kappa shape index (κ1) is 30.9. The fraction of sp³-hybridized carbons (Fsp3) is 0.630. The van der Waals surface area contributed by atoms with Gasteiger partial charge in [0.15, 0.2) is 0 Å². The van der Waals surface area contributed by atoms with Gasteiger partial charge >= 0.3 is 6.09 Å². The van der Waals surface area contributed by atoms with Crippen LogP contribution < -0.4 is 16.4 Å². The molecule has 0 aliphatic rings. The van der Waals surface area contributed by atoms with Gasteiger partial charge in [-0.25, -0.2) is 4.79 Å². The van der Waals surface area contributed by atoms with Gasteiger partial charge in [0.25, 0.3) is 0 Å². The van der Waals surface area contributed by atoms with Crippen molar-refractivity contribution < 1.29 is 23.9 Å². The zero-order valence-electron chi connectivity index (χ0n) is 23.4. The summed E-state index contributed by atoms with van der Waals surface area (Å²) >= 11 is 0. The minimum Gasteiger partial charge on any atom is -0.444 e. The third-order valence-corrected chi connectivity index (χ3v) is 5.22. The van der Waals surface area contributed by atoms with Crippen LogP contribution in [0.3, 0.4) is 0 Å². The first-order valence-corrected chi connectivity index (χ1v) is 12.3. The van der Waals surface area contributed by atoms with Crippen LogP contribution in [0.4, 0.5) is 4.79 Å². The summed E-state index contributed by atoms with van der Waals surface area (Å²) in [6, 6.07) is 3.20. The minimum atomic E-state index is -1.12. The number of nitrogens with one attached hydrogen (secondary N) is 2. The van der Waals surface area contributed by atoms with Gasteiger partial charge in [-0.3, -0.25) is 14.4 Å². The topological polar surface area (TPSA) is 131 Å². The lowest BCUT2D eigenvalue weighted by Crippen LogP contribution is -2.56. The van der Waals surface area contributed by atoms with E-state index in [9.17, 15) is 19.2 Å². The van der Waals surface area contributed by atoms with Crippen LogP contribution in [0.25, 0.3) is 0 Å². The molecule has 4 amide bonds. The molecular formula is C27H44N4O5. The number of aryl methyl sites for hydroxylation is 2. The van der Waals surface area contributed by atoms with E-state index >= 15 is 0 Å². The van der Waals surface area contributed by atoms with Crippen molar-refractivity contribution in [1.29, 1.82) is 0 Å². The number of nitrogens with two attached hydrogens (primary N) is 1. The molecule has 0 fully saturated rings. The Kier molecular flexibility index (Phi) is 10.5. The Morgan fingerprint density at radius 3 is 2.06 bits per heavy atom. The second-order valence-electron chi connectivity index (χ2n) is 11.5. The molecule has 0 aromatic heterocycles. The molecule has 202 valence electrons. The number of rotatable bonds is 9. The van der Waals surface area contributed by atoms with Crippen molar-refractivity contribution in [3.05, 3.63) is 34.9 Å². The number of hydrogen-bond acceptors (Lipinski definition) is 5. The van der Waals surface area contributed by atoms with Gasteiger partial charge in [0, 0.05) is 18.0 Å². The molecule has 9 heteroatoms. The first-order chi connectivity index (χ1) is 16.3. The lowest BCUT2D eigenvalue weighted by molar-refractivity contribution is -0.145. The van der Waals surface area contributed by atoms with Crippen molar-refractivity contribution in [1.82, 2.24) is 15.5 Å². The zero-order chi connectivity index (χ0) is 28.0. The summed E-state index contributed by atoms with van der Waals surface area (Å²) in [5.74, 6) is -1.46. The SMILES string of the molecule is Cc1ccc(C(C(=O)NC(C)(C)C)N(C(=O)C(CCC(N)=O)NC(=O)OC(C)(C)C)C(C)C)c(C)c1. The molecule has 0 aliphatic heterocycles.